The first-order valence-electron chi connectivity index (χ1n) is 17.0. The molecule has 0 radical (unpaired) electrons. The fourth-order valence-corrected chi connectivity index (χ4v) is 7.30. The van der Waals surface area contributed by atoms with E-state index in [0.29, 0.717) is 22.9 Å². The van der Waals surface area contributed by atoms with Gasteiger partial charge in [-0.2, -0.15) is 22.7 Å². The van der Waals surface area contributed by atoms with Gasteiger partial charge < -0.3 is 20.2 Å². The van der Waals surface area contributed by atoms with Gasteiger partial charge >= 0.3 is 6.18 Å². The van der Waals surface area contributed by atoms with Gasteiger partial charge in [-0.3, -0.25) is 23.9 Å². The number of carbonyl (C=O) groups is 2. The van der Waals surface area contributed by atoms with Crippen molar-refractivity contribution in [3.63, 3.8) is 0 Å². The molecule has 2 atom stereocenters. The van der Waals surface area contributed by atoms with E-state index in [2.05, 4.69) is 25.4 Å². The molecule has 3 aliphatic rings. The van der Waals surface area contributed by atoms with Crippen molar-refractivity contribution in [2.75, 3.05) is 36.4 Å². The summed E-state index contributed by atoms with van der Waals surface area (Å²) < 4.78 is 42.7. The Morgan fingerprint density at radius 2 is 1.79 bits per heavy atom. The zero-order valence-electron chi connectivity index (χ0n) is 28.4. The summed E-state index contributed by atoms with van der Waals surface area (Å²) in [4.78, 5) is 62.3. The summed E-state index contributed by atoms with van der Waals surface area (Å²) in [5, 5.41) is 17.4. The van der Waals surface area contributed by atoms with E-state index in [4.69, 9.17) is 16.6 Å². The summed E-state index contributed by atoms with van der Waals surface area (Å²) >= 11 is 6.20. The molecular weight excluding hydrogens is 717 g/mol. The van der Waals surface area contributed by atoms with Crippen LogP contribution in [0.5, 0.6) is 5.75 Å². The van der Waals surface area contributed by atoms with E-state index >= 15 is 0 Å². The number of aromatic nitrogens is 7. The average molecular weight is 749 g/mol. The van der Waals surface area contributed by atoms with Crippen molar-refractivity contribution < 1.29 is 27.9 Å². The van der Waals surface area contributed by atoms with Gasteiger partial charge in [0.25, 0.3) is 11.5 Å². The van der Waals surface area contributed by atoms with Gasteiger partial charge in [0.05, 0.1) is 27.7 Å². The molecule has 6 heterocycles. The summed E-state index contributed by atoms with van der Waals surface area (Å²) in [5.41, 5.74) is 1.11. The first kappa shape index (κ1) is 34.5. The van der Waals surface area contributed by atoms with Gasteiger partial charge in [-0.05, 0) is 56.5 Å². The number of piperazine rings is 1. The maximum Gasteiger partial charge on any atom is 0.416 e. The van der Waals surface area contributed by atoms with Gasteiger partial charge in [-0.1, -0.05) is 18.5 Å². The zero-order valence-corrected chi connectivity index (χ0v) is 29.2. The number of nitrogens with zero attached hydrogens (tertiary/aromatic N) is 9. The summed E-state index contributed by atoms with van der Waals surface area (Å²) in [6.07, 6.45) is 0.644. The van der Waals surface area contributed by atoms with Crippen molar-refractivity contribution in [1.29, 1.82) is 0 Å². The topological polar surface area (TPSA) is 164 Å². The van der Waals surface area contributed by atoms with Crippen molar-refractivity contribution in [1.82, 2.24) is 39.0 Å². The number of carbonyl (C=O) groups excluding carboxylic acids is 2. The molecular formula is C35H32ClF3N10O4. The van der Waals surface area contributed by atoms with E-state index in [9.17, 15) is 32.7 Å². The minimum Gasteiger partial charge on any atom is -0.504 e. The molecule has 2 fully saturated rings. The molecule has 4 aromatic heterocycles. The summed E-state index contributed by atoms with van der Waals surface area (Å²) in [7, 11) is 0. The molecule has 14 nitrogen and oxygen atoms in total. The first-order chi connectivity index (χ1) is 25.3. The van der Waals surface area contributed by atoms with Crippen LogP contribution < -0.4 is 15.8 Å². The second kappa shape index (κ2) is 12.8. The monoisotopic (exact) mass is 748 g/mol. The Hall–Kier alpha value is -5.58. The molecule has 8 rings (SSSR count). The molecule has 1 aliphatic carbocycles. The second-order valence-electron chi connectivity index (χ2n) is 13.6. The highest BCUT2D eigenvalue weighted by Crippen LogP contribution is 2.43. The van der Waals surface area contributed by atoms with Gasteiger partial charge in [0.2, 0.25) is 11.7 Å². The minimum absolute atomic E-state index is 0.00209. The number of pyridine rings is 1. The SMILES string of the molecule is Cc1ncnc(C(=O)N2CCN(c3c4n(c5nc(-c6ccc(C7CC7)nc6)nn5c3=O)[C@@H](C(=O)Nc3ccc(C(F)(F)F)cc3Cl)C[C@H]4C)CC2)c1O. The number of anilines is 2. The van der Waals surface area contributed by atoms with E-state index in [1.807, 2.05) is 24.0 Å². The van der Waals surface area contributed by atoms with E-state index < -0.39 is 35.2 Å². The maximum atomic E-state index is 14.4. The quantitative estimate of drug-likeness (QED) is 0.243. The van der Waals surface area contributed by atoms with E-state index in [1.54, 1.807) is 17.7 Å². The van der Waals surface area contributed by atoms with Gasteiger partial charge in [0.15, 0.2) is 17.3 Å². The molecule has 2 aliphatic heterocycles. The van der Waals surface area contributed by atoms with Crippen LogP contribution in [0.2, 0.25) is 5.02 Å². The summed E-state index contributed by atoms with van der Waals surface area (Å²) in [6, 6.07) is 5.50. The largest absolute Gasteiger partial charge is 0.504 e. The number of aromatic hydroxyl groups is 1. The third kappa shape index (κ3) is 6.11. The molecule has 18 heteroatoms. The third-order valence-corrected chi connectivity index (χ3v) is 10.4. The number of nitrogens with one attached hydrogen (secondary N) is 1. The van der Waals surface area contributed by atoms with Crippen molar-refractivity contribution in [3.8, 4) is 17.1 Å². The Kier molecular flexibility index (Phi) is 8.35. The smallest absolute Gasteiger partial charge is 0.416 e. The van der Waals surface area contributed by atoms with Crippen LogP contribution in [0.4, 0.5) is 24.5 Å². The number of hydrogen-bond acceptors (Lipinski definition) is 10. The normalized spacial score (nSPS) is 18.8. The molecule has 0 spiro atoms. The van der Waals surface area contributed by atoms with Crippen molar-refractivity contribution in [3.05, 3.63) is 86.6 Å². The van der Waals surface area contributed by atoms with Gasteiger partial charge in [0.1, 0.15) is 18.1 Å². The van der Waals surface area contributed by atoms with Crippen molar-refractivity contribution >= 4 is 40.6 Å². The van der Waals surface area contributed by atoms with Crippen LogP contribution >= 0.6 is 11.6 Å². The molecule has 2 N–H and O–H groups in total. The van der Waals surface area contributed by atoms with Crippen LogP contribution in [-0.4, -0.2) is 82.1 Å². The molecule has 0 bridgehead atoms. The average Bonchev–Trinajstić information content (AvgIpc) is 3.80. The maximum absolute atomic E-state index is 14.4. The highest BCUT2D eigenvalue weighted by Gasteiger charge is 2.41. The Labute approximate surface area is 304 Å². The summed E-state index contributed by atoms with van der Waals surface area (Å²) in [6.45, 7) is 4.32. The molecule has 1 aromatic carbocycles. The van der Waals surface area contributed by atoms with E-state index in [-0.39, 0.29) is 78.0 Å². The lowest BCUT2D eigenvalue weighted by Gasteiger charge is -2.36. The Balaban J connectivity index is 1.17. The first-order valence-corrected chi connectivity index (χ1v) is 17.4. The van der Waals surface area contributed by atoms with E-state index in [1.165, 1.54) is 11.2 Å². The lowest BCUT2D eigenvalue weighted by atomic mass is 10.0. The molecule has 53 heavy (non-hydrogen) atoms. The number of rotatable bonds is 6. The highest BCUT2D eigenvalue weighted by molar-refractivity contribution is 6.33. The van der Waals surface area contributed by atoms with Gasteiger partial charge in [-0.25, -0.2) is 9.97 Å². The predicted octanol–water partition coefficient (Wildman–Crippen LogP) is 4.96. The molecule has 1 saturated heterocycles. The fourth-order valence-electron chi connectivity index (χ4n) is 7.07. The molecule has 2 amide bonds. The number of halogens is 4. The lowest BCUT2D eigenvalue weighted by molar-refractivity contribution is -0.137. The molecule has 0 unspecified atom stereocenters. The minimum atomic E-state index is -4.62. The van der Waals surface area contributed by atoms with E-state index in [0.717, 1.165) is 41.3 Å². The van der Waals surface area contributed by atoms with Crippen LogP contribution in [0, 0.1) is 6.92 Å². The van der Waals surface area contributed by atoms with Gasteiger partial charge in [-0.15, -0.1) is 5.10 Å². The number of aryl methyl sites for hydroxylation is 1. The number of alkyl halides is 3. The highest BCUT2D eigenvalue weighted by atomic mass is 35.5. The molecule has 5 aromatic rings. The Morgan fingerprint density at radius 3 is 2.45 bits per heavy atom. The van der Waals surface area contributed by atoms with Crippen molar-refractivity contribution in [2.45, 2.75) is 57.2 Å². The van der Waals surface area contributed by atoms with Crippen LogP contribution in [0.3, 0.4) is 0 Å². The predicted molar refractivity (Wildman–Crippen MR) is 186 cm³/mol. The fraction of sp³-hybridized carbons (Fsp3) is 0.371. The standard InChI is InChI=1S/C35H32ClF3N10O4/c1-17-13-25(31(51)43-24-8-6-21(14-22(24)36)35(37,38)39)48-27(17)28(46-9-11-47(12-10-46)32(52)26-29(50)18(2)41-16-42-26)33(53)49-34(48)44-30(45-49)20-5-7-23(40-15-20)19-3-4-19/h5-8,14-17,19,25,50H,3-4,9-13H2,1-2H3,(H,43,51)/t17-,25-/m1/s1. The number of fused-ring (bicyclic) bond motifs is 3. The number of benzene rings is 1. The number of amides is 2. The second-order valence-corrected chi connectivity index (χ2v) is 14.0. The van der Waals surface area contributed by atoms with Crippen LogP contribution in [0.25, 0.3) is 17.2 Å². The Morgan fingerprint density at radius 1 is 1.04 bits per heavy atom. The van der Waals surface area contributed by atoms with Crippen LogP contribution in [0.1, 0.15) is 77.2 Å². The van der Waals surface area contributed by atoms with Gasteiger partial charge in [0, 0.05) is 55.5 Å². The van der Waals surface area contributed by atoms with Crippen LogP contribution in [-0.2, 0) is 11.0 Å². The summed E-state index contributed by atoms with van der Waals surface area (Å²) in [5.74, 6) is -0.912. The molecule has 1 saturated carbocycles. The molecule has 274 valence electrons. The number of hydrogen-bond donors (Lipinski definition) is 2. The zero-order chi connectivity index (χ0) is 37.3. The van der Waals surface area contributed by atoms with Crippen LogP contribution in [0.15, 0.2) is 47.7 Å². The Bertz CT molecular complexity index is 2350. The lowest BCUT2D eigenvalue weighted by Crippen LogP contribution is -2.51. The van der Waals surface area contributed by atoms with Crippen molar-refractivity contribution in [2.24, 2.45) is 0 Å². The third-order valence-electron chi connectivity index (χ3n) is 10.0.